The number of carbonyl (C=O) groups excluding carboxylic acids is 3. The van der Waals surface area contributed by atoms with Crippen LogP contribution in [0.5, 0.6) is 0 Å². The number of carbonyl (C=O) groups is 3. The van der Waals surface area contributed by atoms with Crippen molar-refractivity contribution in [2.24, 2.45) is 5.73 Å². The summed E-state index contributed by atoms with van der Waals surface area (Å²) in [6.07, 6.45) is 4.40. The first kappa shape index (κ1) is 28.8. The number of amides is 4. The fourth-order valence-electron chi connectivity index (χ4n) is 4.39. The predicted octanol–water partition coefficient (Wildman–Crippen LogP) is 4.59. The number of nitrogens with zero attached hydrogens (tertiary/aromatic N) is 2. The van der Waals surface area contributed by atoms with Crippen LogP contribution >= 0.6 is 0 Å². The molecule has 0 aliphatic heterocycles. The molecule has 3 N–H and O–H groups in total. The Morgan fingerprint density at radius 2 is 1.66 bits per heavy atom. The molecule has 9 nitrogen and oxygen atoms in total. The molecule has 1 saturated carbocycles. The van der Waals surface area contributed by atoms with Crippen molar-refractivity contribution >= 4 is 18.0 Å². The summed E-state index contributed by atoms with van der Waals surface area (Å²) in [5, 5.41) is 2.59. The van der Waals surface area contributed by atoms with Gasteiger partial charge >= 0.3 is 18.7 Å². The predicted molar refractivity (Wildman–Crippen MR) is 138 cm³/mol. The summed E-state index contributed by atoms with van der Waals surface area (Å²) in [6.45, 7) is 2.16. The van der Waals surface area contributed by atoms with Crippen molar-refractivity contribution < 1.29 is 27.9 Å². The van der Waals surface area contributed by atoms with Crippen LogP contribution in [0.4, 0.5) is 18.4 Å². The SMILES string of the molecule is CC(C)(C)OC(=O)N(C(=O)NC(Cc1ccc(-c2ccc(=O)n(C(F)F)c2)cc1)C(N)=O)C1CCCCC1. The van der Waals surface area contributed by atoms with Crippen LogP contribution in [0.1, 0.15) is 65.0 Å². The molecule has 1 aromatic heterocycles. The molecule has 1 aliphatic rings. The number of pyridine rings is 1. The van der Waals surface area contributed by atoms with Gasteiger partial charge in [-0.3, -0.25) is 14.2 Å². The second-order valence-corrected chi connectivity index (χ2v) is 10.4. The van der Waals surface area contributed by atoms with E-state index < -0.39 is 41.8 Å². The smallest absolute Gasteiger partial charge is 0.418 e. The van der Waals surface area contributed by atoms with Gasteiger partial charge in [-0.15, -0.1) is 0 Å². The molecule has 1 atom stereocenters. The van der Waals surface area contributed by atoms with Gasteiger partial charge in [0.05, 0.1) is 0 Å². The Bertz CT molecular complexity index is 1200. The number of urea groups is 1. The standard InChI is InChI=1S/C27H34F2N4O5/c1-27(2,3)38-26(37)33(20-7-5-4-6-8-20)25(36)31-21(23(30)35)15-17-9-11-18(12-10-17)19-13-14-22(34)32(16-19)24(28)29/h9-14,16,20-21,24H,4-8,15H2,1-3H3,(H2,30,35)(H,31,36). The minimum atomic E-state index is -2.96. The van der Waals surface area contributed by atoms with Gasteiger partial charge in [-0.25, -0.2) is 14.5 Å². The molecule has 2 aromatic rings. The van der Waals surface area contributed by atoms with Crippen molar-refractivity contribution in [3.05, 3.63) is 58.5 Å². The van der Waals surface area contributed by atoms with Crippen LogP contribution in [0.15, 0.2) is 47.4 Å². The summed E-state index contributed by atoms with van der Waals surface area (Å²) >= 11 is 0. The number of nitrogens with two attached hydrogens (primary N) is 1. The van der Waals surface area contributed by atoms with E-state index in [1.165, 1.54) is 6.07 Å². The molecule has 1 heterocycles. The minimum absolute atomic E-state index is 0.0463. The summed E-state index contributed by atoms with van der Waals surface area (Å²) in [5.41, 5.74) is 5.59. The van der Waals surface area contributed by atoms with Crippen molar-refractivity contribution in [1.29, 1.82) is 0 Å². The Hall–Kier alpha value is -3.76. The largest absolute Gasteiger partial charge is 0.443 e. The maximum Gasteiger partial charge on any atom is 0.418 e. The number of primary amides is 1. The number of aromatic nitrogens is 1. The highest BCUT2D eigenvalue weighted by atomic mass is 19.3. The third-order valence-electron chi connectivity index (χ3n) is 6.27. The lowest BCUT2D eigenvalue weighted by Gasteiger charge is -2.34. The Labute approximate surface area is 219 Å². The third kappa shape index (κ3) is 7.62. The van der Waals surface area contributed by atoms with E-state index in [9.17, 15) is 28.0 Å². The average molecular weight is 533 g/mol. The normalized spacial score (nSPS) is 15.1. The van der Waals surface area contributed by atoms with Gasteiger partial charge in [0.15, 0.2) is 0 Å². The third-order valence-corrected chi connectivity index (χ3v) is 6.27. The van der Waals surface area contributed by atoms with Gasteiger partial charge < -0.3 is 15.8 Å². The van der Waals surface area contributed by atoms with E-state index in [1.54, 1.807) is 45.0 Å². The van der Waals surface area contributed by atoms with Crippen molar-refractivity contribution in [2.75, 3.05) is 0 Å². The van der Waals surface area contributed by atoms with Crippen LogP contribution in [-0.2, 0) is 16.0 Å². The maximum atomic E-state index is 13.2. The lowest BCUT2D eigenvalue weighted by atomic mass is 9.94. The second kappa shape index (κ2) is 12.2. The molecule has 1 aromatic carbocycles. The average Bonchev–Trinajstić information content (AvgIpc) is 2.84. The minimum Gasteiger partial charge on any atom is -0.443 e. The number of halogens is 2. The maximum absolute atomic E-state index is 13.2. The molecule has 1 fully saturated rings. The Kier molecular flexibility index (Phi) is 9.24. The number of alkyl halides is 2. The van der Waals surface area contributed by atoms with Gasteiger partial charge in [-0.1, -0.05) is 43.5 Å². The molecule has 11 heteroatoms. The number of hydrogen-bond acceptors (Lipinski definition) is 5. The molecular weight excluding hydrogens is 498 g/mol. The first-order valence-corrected chi connectivity index (χ1v) is 12.6. The molecule has 206 valence electrons. The quantitative estimate of drug-likeness (QED) is 0.540. The fraction of sp³-hybridized carbons (Fsp3) is 0.481. The molecule has 4 amide bonds. The molecule has 0 radical (unpaired) electrons. The van der Waals surface area contributed by atoms with Crippen LogP contribution in [-0.4, -0.2) is 45.2 Å². The number of hydrogen-bond donors (Lipinski definition) is 2. The van der Waals surface area contributed by atoms with E-state index in [-0.39, 0.29) is 12.5 Å². The van der Waals surface area contributed by atoms with Crippen LogP contribution < -0.4 is 16.6 Å². The Morgan fingerprint density at radius 3 is 2.21 bits per heavy atom. The summed E-state index contributed by atoms with van der Waals surface area (Å²) in [7, 11) is 0. The highest BCUT2D eigenvalue weighted by Gasteiger charge is 2.35. The van der Waals surface area contributed by atoms with Crippen LogP contribution in [0.3, 0.4) is 0 Å². The van der Waals surface area contributed by atoms with E-state index in [1.807, 2.05) is 0 Å². The van der Waals surface area contributed by atoms with E-state index in [0.717, 1.165) is 36.4 Å². The first-order chi connectivity index (χ1) is 17.9. The molecule has 38 heavy (non-hydrogen) atoms. The summed E-state index contributed by atoms with van der Waals surface area (Å²) in [4.78, 5) is 51.1. The Balaban J connectivity index is 1.76. The van der Waals surface area contributed by atoms with E-state index in [4.69, 9.17) is 10.5 Å². The van der Waals surface area contributed by atoms with E-state index in [0.29, 0.717) is 34.1 Å². The molecule has 1 unspecified atom stereocenters. The van der Waals surface area contributed by atoms with Crippen molar-refractivity contribution in [2.45, 2.75) is 83.5 Å². The number of benzene rings is 1. The van der Waals surface area contributed by atoms with Gasteiger partial charge in [-0.05, 0) is 56.4 Å². The van der Waals surface area contributed by atoms with Crippen molar-refractivity contribution in [3.63, 3.8) is 0 Å². The molecule has 0 spiro atoms. The fourth-order valence-corrected chi connectivity index (χ4v) is 4.39. The van der Waals surface area contributed by atoms with Crippen molar-refractivity contribution in [3.8, 4) is 11.1 Å². The topological polar surface area (TPSA) is 124 Å². The van der Waals surface area contributed by atoms with Gasteiger partial charge in [0.25, 0.3) is 5.56 Å². The van der Waals surface area contributed by atoms with Gasteiger partial charge in [0, 0.05) is 24.7 Å². The summed E-state index contributed by atoms with van der Waals surface area (Å²) < 4.78 is 31.9. The molecular formula is C27H34F2N4O5. The lowest BCUT2D eigenvalue weighted by molar-refractivity contribution is -0.119. The zero-order valence-electron chi connectivity index (χ0n) is 21.8. The zero-order chi connectivity index (χ0) is 28.0. The Morgan fingerprint density at radius 1 is 1.05 bits per heavy atom. The number of nitrogens with one attached hydrogen (secondary N) is 1. The highest BCUT2D eigenvalue weighted by molar-refractivity contribution is 5.94. The highest BCUT2D eigenvalue weighted by Crippen LogP contribution is 2.25. The second-order valence-electron chi connectivity index (χ2n) is 10.4. The number of rotatable bonds is 7. The van der Waals surface area contributed by atoms with Gasteiger partial charge in [0.2, 0.25) is 5.91 Å². The lowest BCUT2D eigenvalue weighted by Crippen LogP contribution is -2.56. The van der Waals surface area contributed by atoms with Crippen LogP contribution in [0.25, 0.3) is 11.1 Å². The molecule has 0 saturated heterocycles. The molecule has 0 bridgehead atoms. The number of imide groups is 1. The first-order valence-electron chi connectivity index (χ1n) is 12.6. The van der Waals surface area contributed by atoms with Gasteiger partial charge in [0.1, 0.15) is 11.6 Å². The monoisotopic (exact) mass is 532 g/mol. The van der Waals surface area contributed by atoms with E-state index in [2.05, 4.69) is 5.32 Å². The van der Waals surface area contributed by atoms with Crippen LogP contribution in [0.2, 0.25) is 0 Å². The summed E-state index contributed by atoms with van der Waals surface area (Å²) in [5.74, 6) is -0.779. The van der Waals surface area contributed by atoms with Crippen molar-refractivity contribution in [1.82, 2.24) is 14.8 Å². The van der Waals surface area contributed by atoms with Crippen LogP contribution in [0, 0.1) is 0 Å². The molecule has 1 aliphatic carbocycles. The zero-order valence-corrected chi connectivity index (χ0v) is 21.8. The number of ether oxygens (including phenoxy) is 1. The van der Waals surface area contributed by atoms with Gasteiger partial charge in [-0.2, -0.15) is 8.78 Å². The molecule has 3 rings (SSSR count). The summed E-state index contributed by atoms with van der Waals surface area (Å²) in [6, 6.07) is 6.95. The van der Waals surface area contributed by atoms with E-state index >= 15 is 0 Å².